The number of piperidine rings is 1. The highest BCUT2D eigenvalue weighted by atomic mass is 19.1. The fourth-order valence-electron chi connectivity index (χ4n) is 5.19. The van der Waals surface area contributed by atoms with Gasteiger partial charge in [-0.25, -0.2) is 18.6 Å². The number of carbonyl (C=O) groups excluding carboxylic acids is 1. The van der Waals surface area contributed by atoms with Gasteiger partial charge in [-0.05, 0) is 77.1 Å². The van der Waals surface area contributed by atoms with Gasteiger partial charge in [0.1, 0.15) is 22.9 Å². The van der Waals surface area contributed by atoms with Crippen LogP contribution in [0.5, 0.6) is 5.75 Å². The molecule has 3 heterocycles. The van der Waals surface area contributed by atoms with Crippen LogP contribution >= 0.6 is 0 Å². The number of rotatable bonds is 7. The Morgan fingerprint density at radius 3 is 2.55 bits per heavy atom. The summed E-state index contributed by atoms with van der Waals surface area (Å²) < 4.78 is 41.7. The number of ether oxygens (including phenoxy) is 2. The Bertz CT molecular complexity index is 1440. The summed E-state index contributed by atoms with van der Waals surface area (Å²) >= 11 is 0. The number of pyridine rings is 2. The molecule has 226 valence electrons. The Morgan fingerprint density at radius 2 is 1.90 bits per heavy atom. The van der Waals surface area contributed by atoms with E-state index < -0.39 is 17.2 Å². The van der Waals surface area contributed by atoms with Gasteiger partial charge in [0.05, 0.1) is 29.7 Å². The second-order valence-electron chi connectivity index (χ2n) is 12.1. The Balaban J connectivity index is 1.72. The Hall–Kier alpha value is -3.95. The summed E-state index contributed by atoms with van der Waals surface area (Å²) in [5, 5.41) is 6.84. The van der Waals surface area contributed by atoms with Crippen molar-refractivity contribution < 1.29 is 23.0 Å². The number of nitrogens with one attached hydrogen (secondary N) is 2. The lowest BCUT2D eigenvalue weighted by molar-refractivity contribution is 0.0112. The summed E-state index contributed by atoms with van der Waals surface area (Å²) in [6.07, 6.45) is 2.64. The summed E-state index contributed by atoms with van der Waals surface area (Å²) in [6.45, 7) is 14.0. The predicted molar refractivity (Wildman–Crippen MR) is 162 cm³/mol. The summed E-state index contributed by atoms with van der Waals surface area (Å²) in [4.78, 5) is 23.7. The number of halogens is 2. The van der Waals surface area contributed by atoms with Crippen molar-refractivity contribution in [3.63, 3.8) is 0 Å². The Labute approximate surface area is 246 Å². The molecule has 2 aromatic heterocycles. The SMILES string of the molecule is COc1cccc(F)c1-c1nc(Nc2c(C)ccnc2C(C)C)c(NC2CCN(C(=O)OC(C)(C)C)[C@H](C)C2)cc1F. The minimum Gasteiger partial charge on any atom is -0.496 e. The summed E-state index contributed by atoms with van der Waals surface area (Å²) in [6, 6.07) is 7.37. The Kier molecular flexibility index (Phi) is 9.23. The number of anilines is 3. The van der Waals surface area contributed by atoms with Crippen molar-refractivity contribution in [3.8, 4) is 17.0 Å². The van der Waals surface area contributed by atoms with Gasteiger partial charge in [0.2, 0.25) is 0 Å². The van der Waals surface area contributed by atoms with Crippen LogP contribution in [0.1, 0.15) is 71.6 Å². The molecule has 1 unspecified atom stereocenters. The monoisotopic (exact) mass is 581 g/mol. The van der Waals surface area contributed by atoms with Crippen molar-refractivity contribution in [2.24, 2.45) is 0 Å². The van der Waals surface area contributed by atoms with Crippen LogP contribution in [0.15, 0.2) is 36.5 Å². The molecular weight excluding hydrogens is 540 g/mol. The average molecular weight is 582 g/mol. The third-order valence-corrected chi connectivity index (χ3v) is 7.25. The molecule has 2 atom stereocenters. The number of hydrogen-bond donors (Lipinski definition) is 2. The highest BCUT2D eigenvalue weighted by Crippen LogP contribution is 2.38. The van der Waals surface area contributed by atoms with Crippen LogP contribution < -0.4 is 15.4 Å². The highest BCUT2D eigenvalue weighted by molar-refractivity contribution is 5.79. The number of benzene rings is 1. The van der Waals surface area contributed by atoms with Crippen LogP contribution in [0, 0.1) is 18.6 Å². The number of likely N-dealkylation sites (tertiary alicyclic amines) is 1. The van der Waals surface area contributed by atoms with Crippen LogP contribution in [-0.2, 0) is 4.74 Å². The number of hydrogen-bond acceptors (Lipinski definition) is 7. The normalized spacial score (nSPS) is 17.3. The molecule has 0 aliphatic carbocycles. The second-order valence-corrected chi connectivity index (χ2v) is 12.1. The first-order valence-electron chi connectivity index (χ1n) is 14.3. The molecule has 10 heteroatoms. The zero-order chi connectivity index (χ0) is 30.8. The van der Waals surface area contributed by atoms with E-state index >= 15 is 8.78 Å². The largest absolute Gasteiger partial charge is 0.496 e. The third-order valence-electron chi connectivity index (χ3n) is 7.25. The van der Waals surface area contributed by atoms with Crippen LogP contribution in [0.4, 0.5) is 30.8 Å². The number of nitrogens with zero attached hydrogens (tertiary/aromatic N) is 3. The van der Waals surface area contributed by atoms with Crippen molar-refractivity contribution >= 4 is 23.3 Å². The molecular formula is C32H41F2N5O3. The number of aromatic nitrogens is 2. The maximum Gasteiger partial charge on any atom is 0.410 e. The van der Waals surface area contributed by atoms with Crippen LogP contribution in [0.3, 0.4) is 0 Å². The minimum atomic E-state index is -0.697. The third kappa shape index (κ3) is 6.91. The first-order chi connectivity index (χ1) is 19.8. The molecule has 4 rings (SSSR count). The average Bonchev–Trinajstić information content (AvgIpc) is 2.90. The lowest BCUT2D eigenvalue weighted by Crippen LogP contribution is -2.49. The molecule has 8 nitrogen and oxygen atoms in total. The maximum atomic E-state index is 15.8. The number of carbonyl (C=O) groups is 1. The number of amides is 1. The molecule has 1 amide bonds. The van der Waals surface area contributed by atoms with E-state index in [4.69, 9.17) is 9.47 Å². The van der Waals surface area contributed by atoms with E-state index in [1.165, 1.54) is 25.3 Å². The molecule has 1 aromatic carbocycles. The van der Waals surface area contributed by atoms with Crippen molar-refractivity contribution in [3.05, 3.63) is 59.4 Å². The Morgan fingerprint density at radius 1 is 1.17 bits per heavy atom. The van der Waals surface area contributed by atoms with E-state index in [0.717, 1.165) is 16.9 Å². The quantitative estimate of drug-likeness (QED) is 0.294. The molecule has 0 saturated carbocycles. The van der Waals surface area contributed by atoms with Crippen molar-refractivity contribution in [2.45, 2.75) is 84.9 Å². The zero-order valence-electron chi connectivity index (χ0n) is 25.6. The molecule has 1 saturated heterocycles. The summed E-state index contributed by atoms with van der Waals surface area (Å²) in [5.41, 5.74) is 2.14. The van der Waals surface area contributed by atoms with Crippen molar-refractivity contribution in [1.29, 1.82) is 0 Å². The molecule has 2 N–H and O–H groups in total. The van der Waals surface area contributed by atoms with E-state index in [1.54, 1.807) is 17.2 Å². The standard InChI is InChI=1S/C32H41F2N5O3/c1-18(2)27-28(19(3)12-14-35-27)37-30-24(17-23(34)29(38-30)26-22(33)10-9-11-25(26)41-8)36-21-13-15-39(20(4)16-21)31(40)42-32(5,6)7/h9-12,14,17-18,20-21,36H,13,15-16H2,1-8H3,(H,37,38)/t20-,21?/m1/s1. The molecule has 0 spiro atoms. The van der Waals surface area contributed by atoms with E-state index in [9.17, 15) is 4.79 Å². The van der Waals surface area contributed by atoms with Crippen LogP contribution in [-0.4, -0.2) is 52.3 Å². The first-order valence-corrected chi connectivity index (χ1v) is 14.3. The van der Waals surface area contributed by atoms with Crippen LogP contribution in [0.2, 0.25) is 0 Å². The fourth-order valence-corrected chi connectivity index (χ4v) is 5.19. The highest BCUT2D eigenvalue weighted by Gasteiger charge is 2.32. The predicted octanol–water partition coefficient (Wildman–Crippen LogP) is 7.81. The van der Waals surface area contributed by atoms with E-state index in [1.807, 2.05) is 54.5 Å². The fraction of sp³-hybridized carbons (Fsp3) is 0.469. The van der Waals surface area contributed by atoms with Gasteiger partial charge in [-0.15, -0.1) is 0 Å². The van der Waals surface area contributed by atoms with Gasteiger partial charge in [-0.1, -0.05) is 19.9 Å². The molecule has 42 heavy (non-hydrogen) atoms. The van der Waals surface area contributed by atoms with E-state index in [-0.39, 0.29) is 41.1 Å². The van der Waals surface area contributed by atoms with Gasteiger partial charge in [-0.3, -0.25) is 4.98 Å². The van der Waals surface area contributed by atoms with E-state index in [2.05, 4.69) is 20.6 Å². The van der Waals surface area contributed by atoms with Gasteiger partial charge < -0.3 is 25.0 Å². The summed E-state index contributed by atoms with van der Waals surface area (Å²) in [5.74, 6) is -0.726. The van der Waals surface area contributed by atoms with Crippen LogP contribution in [0.25, 0.3) is 11.3 Å². The lowest BCUT2D eigenvalue weighted by atomic mass is 9.98. The maximum absolute atomic E-state index is 15.8. The van der Waals surface area contributed by atoms with Gasteiger partial charge in [0, 0.05) is 30.9 Å². The molecule has 0 radical (unpaired) electrons. The molecule has 1 aliphatic heterocycles. The minimum absolute atomic E-state index is 0.0571. The smallest absolute Gasteiger partial charge is 0.410 e. The van der Waals surface area contributed by atoms with Gasteiger partial charge in [0.15, 0.2) is 11.6 Å². The second kappa shape index (κ2) is 12.5. The number of aryl methyl sites for hydroxylation is 1. The van der Waals surface area contributed by atoms with Crippen molar-refractivity contribution in [2.75, 3.05) is 24.3 Å². The van der Waals surface area contributed by atoms with Gasteiger partial charge in [0.25, 0.3) is 0 Å². The van der Waals surface area contributed by atoms with Gasteiger partial charge in [-0.2, -0.15) is 0 Å². The molecule has 0 bridgehead atoms. The summed E-state index contributed by atoms with van der Waals surface area (Å²) in [7, 11) is 1.41. The molecule has 3 aromatic rings. The number of methoxy groups -OCH3 is 1. The van der Waals surface area contributed by atoms with E-state index in [0.29, 0.717) is 30.9 Å². The zero-order valence-corrected chi connectivity index (χ0v) is 25.6. The lowest BCUT2D eigenvalue weighted by Gasteiger charge is -2.39. The first kappa shape index (κ1) is 31.0. The van der Waals surface area contributed by atoms with Gasteiger partial charge >= 0.3 is 6.09 Å². The molecule has 1 fully saturated rings. The molecule has 1 aliphatic rings. The topological polar surface area (TPSA) is 88.6 Å². The van der Waals surface area contributed by atoms with Crippen molar-refractivity contribution in [1.82, 2.24) is 14.9 Å².